The molecule has 0 unspecified atom stereocenters. The fourth-order valence-electron chi connectivity index (χ4n) is 8.62. The third-order valence-electron chi connectivity index (χ3n) is 11.2. The van der Waals surface area contributed by atoms with Crippen molar-refractivity contribution in [1.29, 1.82) is 0 Å². The summed E-state index contributed by atoms with van der Waals surface area (Å²) in [4.78, 5) is 2.41. The van der Waals surface area contributed by atoms with Crippen LogP contribution in [0.3, 0.4) is 0 Å². The van der Waals surface area contributed by atoms with E-state index in [4.69, 9.17) is 0 Å². The van der Waals surface area contributed by atoms with E-state index >= 15 is 0 Å². The van der Waals surface area contributed by atoms with Crippen LogP contribution in [0, 0.1) is 0 Å². The van der Waals surface area contributed by atoms with Gasteiger partial charge in [-0.3, -0.25) is 0 Å². The fourth-order valence-corrected chi connectivity index (χ4v) is 8.62. The Labute approximate surface area is 310 Å². The Bertz CT molecular complexity index is 2780. The molecule has 9 aromatic rings. The summed E-state index contributed by atoms with van der Waals surface area (Å²) >= 11 is 0. The average molecular weight is 679 g/mol. The highest BCUT2D eigenvalue weighted by molar-refractivity contribution is 6.16. The first-order valence-electron chi connectivity index (χ1n) is 18.4. The molecule has 1 aliphatic rings. The second-order valence-corrected chi connectivity index (χ2v) is 14.6. The number of anilines is 3. The van der Waals surface area contributed by atoms with Crippen molar-refractivity contribution in [2.75, 3.05) is 4.90 Å². The van der Waals surface area contributed by atoms with Crippen LogP contribution in [-0.2, 0) is 5.41 Å². The molecule has 0 saturated carbocycles. The second kappa shape index (κ2) is 12.3. The minimum atomic E-state index is -0.0936. The molecule has 2 heteroatoms. The summed E-state index contributed by atoms with van der Waals surface area (Å²) < 4.78 is 2.43. The van der Waals surface area contributed by atoms with Crippen LogP contribution in [0.15, 0.2) is 194 Å². The first-order chi connectivity index (χ1) is 26.1. The number of aromatic nitrogens is 1. The number of nitrogens with zero attached hydrogens (tertiary/aromatic N) is 2. The molecule has 0 N–H and O–H groups in total. The average Bonchev–Trinajstić information content (AvgIpc) is 3.67. The standard InChI is InChI=1S/C51H38N2/c1-51(2)46-23-13-12-21-43(46)44-31-29-40(33-47(44)51)52(38-17-8-4-9-18-38)41-30-32-45-49(34-41)53(39-19-10-5-11-20-39)48-24-14-22-42(50(45)48)37-27-25-36(26-28-37)35-15-6-3-7-16-35/h3-34H,1-2H3. The molecular weight excluding hydrogens is 641 g/mol. The summed E-state index contributed by atoms with van der Waals surface area (Å²) in [6.45, 7) is 4.71. The van der Waals surface area contributed by atoms with E-state index in [-0.39, 0.29) is 5.41 Å². The molecule has 10 rings (SSSR count). The van der Waals surface area contributed by atoms with Gasteiger partial charge in [0.1, 0.15) is 0 Å². The van der Waals surface area contributed by atoms with Crippen LogP contribution in [0.25, 0.3) is 60.9 Å². The minimum Gasteiger partial charge on any atom is -0.310 e. The number of hydrogen-bond donors (Lipinski definition) is 0. The van der Waals surface area contributed by atoms with Crippen molar-refractivity contribution >= 4 is 38.9 Å². The van der Waals surface area contributed by atoms with E-state index in [0.29, 0.717) is 0 Å². The van der Waals surface area contributed by atoms with Crippen molar-refractivity contribution < 1.29 is 0 Å². The lowest BCUT2D eigenvalue weighted by Gasteiger charge is -2.28. The van der Waals surface area contributed by atoms with Gasteiger partial charge in [0.25, 0.3) is 0 Å². The van der Waals surface area contributed by atoms with Crippen molar-refractivity contribution in [1.82, 2.24) is 4.57 Å². The van der Waals surface area contributed by atoms with E-state index < -0.39 is 0 Å². The molecule has 1 aliphatic carbocycles. The lowest BCUT2D eigenvalue weighted by Crippen LogP contribution is -2.16. The highest BCUT2D eigenvalue weighted by Crippen LogP contribution is 2.51. The van der Waals surface area contributed by atoms with Gasteiger partial charge < -0.3 is 9.47 Å². The first-order valence-corrected chi connectivity index (χ1v) is 18.4. The number of benzene rings is 8. The Balaban J connectivity index is 1.18. The van der Waals surface area contributed by atoms with E-state index in [2.05, 4.69) is 217 Å². The molecule has 2 nitrogen and oxygen atoms in total. The number of fused-ring (bicyclic) bond motifs is 6. The van der Waals surface area contributed by atoms with Crippen LogP contribution < -0.4 is 4.90 Å². The van der Waals surface area contributed by atoms with E-state index in [1.165, 1.54) is 66.3 Å². The third-order valence-corrected chi connectivity index (χ3v) is 11.2. The molecule has 252 valence electrons. The van der Waals surface area contributed by atoms with E-state index in [9.17, 15) is 0 Å². The van der Waals surface area contributed by atoms with Crippen molar-refractivity contribution in [3.8, 4) is 39.1 Å². The summed E-state index contributed by atoms with van der Waals surface area (Å²) in [6.07, 6.45) is 0. The van der Waals surface area contributed by atoms with Gasteiger partial charge in [-0.15, -0.1) is 0 Å². The van der Waals surface area contributed by atoms with E-state index in [1.54, 1.807) is 0 Å². The molecule has 1 aromatic heterocycles. The van der Waals surface area contributed by atoms with Crippen LogP contribution in [0.5, 0.6) is 0 Å². The Hall–Kier alpha value is -6.64. The maximum Gasteiger partial charge on any atom is 0.0562 e. The van der Waals surface area contributed by atoms with Crippen LogP contribution in [0.2, 0.25) is 0 Å². The number of hydrogen-bond acceptors (Lipinski definition) is 1. The zero-order valence-corrected chi connectivity index (χ0v) is 29.9. The molecule has 8 aromatic carbocycles. The molecule has 0 amide bonds. The van der Waals surface area contributed by atoms with Gasteiger partial charge in [-0.1, -0.05) is 153 Å². The lowest BCUT2D eigenvalue weighted by molar-refractivity contribution is 0.660. The fraction of sp³-hybridized carbons (Fsp3) is 0.0588. The molecule has 0 fully saturated rings. The second-order valence-electron chi connectivity index (χ2n) is 14.6. The zero-order valence-electron chi connectivity index (χ0n) is 29.9. The van der Waals surface area contributed by atoms with E-state index in [0.717, 1.165) is 22.7 Å². The molecule has 53 heavy (non-hydrogen) atoms. The van der Waals surface area contributed by atoms with Gasteiger partial charge in [0.2, 0.25) is 0 Å². The van der Waals surface area contributed by atoms with Gasteiger partial charge in [0, 0.05) is 38.9 Å². The smallest absolute Gasteiger partial charge is 0.0562 e. The predicted molar refractivity (Wildman–Crippen MR) is 224 cm³/mol. The van der Waals surface area contributed by atoms with Crippen molar-refractivity contribution in [3.05, 3.63) is 205 Å². The largest absolute Gasteiger partial charge is 0.310 e. The zero-order chi connectivity index (χ0) is 35.5. The molecule has 0 aliphatic heterocycles. The van der Waals surface area contributed by atoms with Crippen LogP contribution in [0.1, 0.15) is 25.0 Å². The Kier molecular flexibility index (Phi) is 7.19. The normalized spacial score (nSPS) is 12.9. The van der Waals surface area contributed by atoms with Gasteiger partial charge in [0.15, 0.2) is 0 Å². The molecule has 0 spiro atoms. The summed E-state index contributed by atoms with van der Waals surface area (Å²) in [5.41, 5.74) is 17.1. The summed E-state index contributed by atoms with van der Waals surface area (Å²) in [5.74, 6) is 0. The van der Waals surface area contributed by atoms with Crippen molar-refractivity contribution in [2.24, 2.45) is 0 Å². The van der Waals surface area contributed by atoms with Gasteiger partial charge in [-0.05, 0) is 99.1 Å². The van der Waals surface area contributed by atoms with Gasteiger partial charge in [-0.2, -0.15) is 0 Å². The SMILES string of the molecule is CC1(C)c2ccccc2-c2ccc(N(c3ccccc3)c3ccc4c5c(-c6ccc(-c7ccccc7)cc6)cccc5n(-c5ccccc5)c4c3)cc21. The van der Waals surface area contributed by atoms with Crippen molar-refractivity contribution in [3.63, 3.8) is 0 Å². The van der Waals surface area contributed by atoms with Gasteiger partial charge in [-0.25, -0.2) is 0 Å². The molecule has 1 heterocycles. The summed E-state index contributed by atoms with van der Waals surface area (Å²) in [7, 11) is 0. The topological polar surface area (TPSA) is 8.17 Å². The molecule has 0 radical (unpaired) electrons. The molecule has 0 saturated heterocycles. The van der Waals surface area contributed by atoms with Crippen LogP contribution in [0.4, 0.5) is 17.1 Å². The molecule has 0 bridgehead atoms. The number of rotatable bonds is 6. The quantitative estimate of drug-likeness (QED) is 0.170. The third kappa shape index (κ3) is 5.02. The maximum atomic E-state index is 2.43. The monoisotopic (exact) mass is 678 g/mol. The highest BCUT2D eigenvalue weighted by atomic mass is 15.1. The Morgan fingerprint density at radius 3 is 1.75 bits per heavy atom. The minimum absolute atomic E-state index is 0.0936. The van der Waals surface area contributed by atoms with Gasteiger partial charge >= 0.3 is 0 Å². The Morgan fingerprint density at radius 2 is 0.981 bits per heavy atom. The maximum absolute atomic E-state index is 2.43. The number of para-hydroxylation sites is 2. The molecule has 0 atom stereocenters. The van der Waals surface area contributed by atoms with Crippen LogP contribution in [-0.4, -0.2) is 4.57 Å². The van der Waals surface area contributed by atoms with Gasteiger partial charge in [0.05, 0.1) is 11.0 Å². The van der Waals surface area contributed by atoms with E-state index in [1.807, 2.05) is 0 Å². The summed E-state index contributed by atoms with van der Waals surface area (Å²) in [5, 5.41) is 2.49. The van der Waals surface area contributed by atoms with Crippen molar-refractivity contribution in [2.45, 2.75) is 19.3 Å². The predicted octanol–water partition coefficient (Wildman–Crippen LogP) is 13.9. The summed E-state index contributed by atoms with van der Waals surface area (Å²) in [6, 6.07) is 70.8. The molecular formula is C51H38N2. The lowest BCUT2D eigenvalue weighted by atomic mass is 9.82. The Morgan fingerprint density at radius 1 is 0.396 bits per heavy atom. The van der Waals surface area contributed by atoms with Crippen LogP contribution >= 0.6 is 0 Å². The highest BCUT2D eigenvalue weighted by Gasteiger charge is 2.35. The first kappa shape index (κ1) is 31.1.